The first-order chi connectivity index (χ1) is 14.0. The minimum absolute atomic E-state index is 0.288. The lowest BCUT2D eigenvalue weighted by molar-refractivity contribution is 0.0696. The predicted octanol–water partition coefficient (Wildman–Crippen LogP) is 5.66. The maximum atomic E-state index is 11.3. The third-order valence-electron chi connectivity index (χ3n) is 4.60. The van der Waals surface area contributed by atoms with Crippen molar-refractivity contribution in [2.75, 3.05) is 12.4 Å². The van der Waals surface area contributed by atoms with Crippen LogP contribution < -0.4 is 14.8 Å². The Morgan fingerprint density at radius 1 is 1.07 bits per heavy atom. The second-order valence-corrected chi connectivity index (χ2v) is 7.36. The lowest BCUT2D eigenvalue weighted by atomic mass is 10.1. The molecule has 0 amide bonds. The van der Waals surface area contributed by atoms with E-state index in [4.69, 9.17) is 9.47 Å². The van der Waals surface area contributed by atoms with E-state index in [2.05, 4.69) is 21.2 Å². The molecule has 0 aliphatic rings. The highest BCUT2D eigenvalue weighted by Crippen LogP contribution is 2.34. The van der Waals surface area contributed by atoms with Crippen molar-refractivity contribution in [2.45, 2.75) is 20.1 Å². The number of rotatable bonds is 8. The molecule has 0 aliphatic carbocycles. The summed E-state index contributed by atoms with van der Waals surface area (Å²) in [5, 5.41) is 12.6. The fourth-order valence-corrected chi connectivity index (χ4v) is 3.43. The van der Waals surface area contributed by atoms with Crippen molar-refractivity contribution >= 4 is 27.6 Å². The van der Waals surface area contributed by atoms with E-state index in [1.807, 2.05) is 48.5 Å². The van der Waals surface area contributed by atoms with Crippen molar-refractivity contribution in [2.24, 2.45) is 0 Å². The van der Waals surface area contributed by atoms with Crippen LogP contribution in [0.4, 0.5) is 5.69 Å². The number of aromatic carboxylic acids is 1. The van der Waals surface area contributed by atoms with Crippen LogP contribution in [-0.4, -0.2) is 18.2 Å². The average Bonchev–Trinajstić information content (AvgIpc) is 2.72. The number of benzene rings is 3. The molecule has 29 heavy (non-hydrogen) atoms. The summed E-state index contributed by atoms with van der Waals surface area (Å²) >= 11 is 3.60. The van der Waals surface area contributed by atoms with E-state index >= 15 is 0 Å². The van der Waals surface area contributed by atoms with Gasteiger partial charge in [-0.05, 0) is 47.9 Å². The molecule has 3 rings (SSSR count). The van der Waals surface area contributed by atoms with E-state index in [0.717, 1.165) is 21.3 Å². The van der Waals surface area contributed by atoms with Gasteiger partial charge < -0.3 is 19.9 Å². The number of hydrogen-bond donors (Lipinski definition) is 2. The molecule has 0 unspecified atom stereocenters. The first kappa shape index (κ1) is 20.7. The number of carbonyl (C=O) groups is 1. The summed E-state index contributed by atoms with van der Waals surface area (Å²) in [6.07, 6.45) is 0. The van der Waals surface area contributed by atoms with Gasteiger partial charge in [0.15, 0.2) is 11.5 Å². The van der Waals surface area contributed by atoms with Gasteiger partial charge in [-0.3, -0.25) is 0 Å². The molecule has 0 aromatic heterocycles. The zero-order valence-electron chi connectivity index (χ0n) is 16.2. The van der Waals surface area contributed by atoms with E-state index in [1.165, 1.54) is 0 Å². The van der Waals surface area contributed by atoms with E-state index in [-0.39, 0.29) is 5.56 Å². The number of halogens is 1. The molecule has 3 aromatic carbocycles. The number of carboxylic acids is 1. The smallest absolute Gasteiger partial charge is 0.336 e. The fraction of sp³-hybridized carbons (Fsp3) is 0.174. The summed E-state index contributed by atoms with van der Waals surface area (Å²) in [7, 11) is 1.61. The van der Waals surface area contributed by atoms with Crippen molar-refractivity contribution in [3.05, 3.63) is 87.4 Å². The van der Waals surface area contributed by atoms with Crippen molar-refractivity contribution in [3.8, 4) is 11.5 Å². The SMILES string of the molecule is COc1cc(CNc2cccc(C(=O)O)c2C)c(Br)cc1OCc1ccccc1. The van der Waals surface area contributed by atoms with Gasteiger partial charge in [0.1, 0.15) is 6.61 Å². The third kappa shape index (κ3) is 5.09. The molecule has 0 saturated carbocycles. The molecule has 5 nitrogen and oxygen atoms in total. The third-order valence-corrected chi connectivity index (χ3v) is 5.34. The average molecular weight is 456 g/mol. The van der Waals surface area contributed by atoms with Gasteiger partial charge in [0.05, 0.1) is 12.7 Å². The quantitative estimate of drug-likeness (QED) is 0.458. The molecule has 0 radical (unpaired) electrons. The molecule has 0 heterocycles. The van der Waals surface area contributed by atoms with Gasteiger partial charge in [0, 0.05) is 16.7 Å². The summed E-state index contributed by atoms with van der Waals surface area (Å²) in [6, 6.07) is 18.9. The molecule has 0 spiro atoms. The lowest BCUT2D eigenvalue weighted by Crippen LogP contribution is -2.06. The van der Waals surface area contributed by atoms with Crippen LogP contribution in [0, 0.1) is 6.92 Å². The van der Waals surface area contributed by atoms with Crippen LogP contribution in [0.3, 0.4) is 0 Å². The number of nitrogens with one attached hydrogen (secondary N) is 1. The van der Waals surface area contributed by atoms with Crippen LogP contribution in [0.15, 0.2) is 65.1 Å². The van der Waals surface area contributed by atoms with Gasteiger partial charge in [0.25, 0.3) is 0 Å². The van der Waals surface area contributed by atoms with E-state index in [0.29, 0.717) is 30.2 Å². The predicted molar refractivity (Wildman–Crippen MR) is 117 cm³/mol. The van der Waals surface area contributed by atoms with Gasteiger partial charge in [-0.2, -0.15) is 0 Å². The van der Waals surface area contributed by atoms with E-state index in [1.54, 1.807) is 26.2 Å². The monoisotopic (exact) mass is 455 g/mol. The number of carboxylic acid groups (broad SMARTS) is 1. The minimum atomic E-state index is -0.936. The Hall–Kier alpha value is -2.99. The highest BCUT2D eigenvalue weighted by molar-refractivity contribution is 9.10. The summed E-state index contributed by atoms with van der Waals surface area (Å²) in [5.74, 6) is 0.349. The summed E-state index contributed by atoms with van der Waals surface area (Å²) in [5.41, 5.74) is 3.81. The van der Waals surface area contributed by atoms with Crippen LogP contribution >= 0.6 is 15.9 Å². The van der Waals surface area contributed by atoms with Crippen LogP contribution in [0.25, 0.3) is 0 Å². The highest BCUT2D eigenvalue weighted by Gasteiger charge is 2.13. The highest BCUT2D eigenvalue weighted by atomic mass is 79.9. The molecule has 0 atom stereocenters. The molecular formula is C23H22BrNO4. The van der Waals surface area contributed by atoms with E-state index in [9.17, 15) is 9.90 Å². The Labute approximate surface area is 178 Å². The molecule has 150 valence electrons. The second kappa shape index (κ2) is 9.47. The normalized spacial score (nSPS) is 10.4. The Bertz CT molecular complexity index is 1010. The lowest BCUT2D eigenvalue weighted by Gasteiger charge is -2.16. The molecule has 0 saturated heterocycles. The molecule has 0 aliphatic heterocycles. The number of methoxy groups -OCH3 is 1. The molecular weight excluding hydrogens is 434 g/mol. The maximum Gasteiger partial charge on any atom is 0.336 e. The van der Waals surface area contributed by atoms with Gasteiger partial charge in [-0.25, -0.2) is 4.79 Å². The Balaban J connectivity index is 1.75. The Morgan fingerprint density at radius 2 is 1.83 bits per heavy atom. The van der Waals surface area contributed by atoms with Crippen LogP contribution in [0.2, 0.25) is 0 Å². The molecule has 2 N–H and O–H groups in total. The van der Waals surface area contributed by atoms with Gasteiger partial charge in [-0.15, -0.1) is 0 Å². The van der Waals surface area contributed by atoms with Gasteiger partial charge in [0.2, 0.25) is 0 Å². The largest absolute Gasteiger partial charge is 0.493 e. The second-order valence-electron chi connectivity index (χ2n) is 6.51. The van der Waals surface area contributed by atoms with Gasteiger partial charge in [-0.1, -0.05) is 52.3 Å². The van der Waals surface area contributed by atoms with Gasteiger partial charge >= 0.3 is 5.97 Å². The number of hydrogen-bond acceptors (Lipinski definition) is 4. The van der Waals surface area contributed by atoms with Crippen molar-refractivity contribution in [3.63, 3.8) is 0 Å². The standard InChI is InChI=1S/C23H22BrNO4/c1-15-18(23(26)27)9-6-10-20(15)25-13-17-11-21(28-2)22(12-19(17)24)29-14-16-7-4-3-5-8-16/h3-12,25H,13-14H2,1-2H3,(H,26,27). The molecule has 0 fully saturated rings. The van der Waals surface area contributed by atoms with Crippen LogP contribution in [0.1, 0.15) is 27.0 Å². The Kier molecular flexibility index (Phi) is 6.77. The minimum Gasteiger partial charge on any atom is -0.493 e. The van der Waals surface area contributed by atoms with Crippen molar-refractivity contribution < 1.29 is 19.4 Å². The maximum absolute atomic E-state index is 11.3. The van der Waals surface area contributed by atoms with Crippen LogP contribution in [0.5, 0.6) is 11.5 Å². The zero-order chi connectivity index (χ0) is 20.8. The summed E-state index contributed by atoms with van der Waals surface area (Å²) in [6.45, 7) is 2.74. The fourth-order valence-electron chi connectivity index (χ4n) is 2.97. The topological polar surface area (TPSA) is 67.8 Å². The van der Waals surface area contributed by atoms with E-state index < -0.39 is 5.97 Å². The summed E-state index contributed by atoms with van der Waals surface area (Å²) in [4.78, 5) is 11.3. The van der Waals surface area contributed by atoms with Crippen LogP contribution in [-0.2, 0) is 13.2 Å². The first-order valence-electron chi connectivity index (χ1n) is 9.09. The Morgan fingerprint density at radius 3 is 2.52 bits per heavy atom. The summed E-state index contributed by atoms with van der Waals surface area (Å²) < 4.78 is 12.3. The van der Waals surface area contributed by atoms with Crippen molar-refractivity contribution in [1.29, 1.82) is 0 Å². The molecule has 6 heteroatoms. The molecule has 0 bridgehead atoms. The molecule has 3 aromatic rings. The number of ether oxygens (including phenoxy) is 2. The number of anilines is 1. The zero-order valence-corrected chi connectivity index (χ0v) is 17.8. The van der Waals surface area contributed by atoms with Crippen molar-refractivity contribution in [1.82, 2.24) is 0 Å². The first-order valence-corrected chi connectivity index (χ1v) is 9.88.